The molecule has 0 saturated heterocycles. The standard InChI is InChI=1S/C21H25N5O4S/c1-4-10-26-18(13-7-8-13)24-25-21(26)31-11-14-16(19(27)29-5-2)17(23-20(28)22-14)15-9-6-12(3)30-15/h4,6,9,13,17H,1,5,7-8,10-11H2,2-3H3,(H2,22,23,28). The second-order valence-electron chi connectivity index (χ2n) is 7.40. The predicted molar refractivity (Wildman–Crippen MR) is 114 cm³/mol. The van der Waals surface area contributed by atoms with Crippen molar-refractivity contribution in [3.05, 3.63) is 53.4 Å². The molecule has 2 amide bonds. The van der Waals surface area contributed by atoms with Gasteiger partial charge in [-0.1, -0.05) is 17.8 Å². The maximum Gasteiger partial charge on any atom is 0.338 e. The summed E-state index contributed by atoms with van der Waals surface area (Å²) in [6.45, 7) is 8.20. The van der Waals surface area contributed by atoms with Crippen LogP contribution >= 0.6 is 11.8 Å². The SMILES string of the molecule is C=CCn1c(SCC2=C(C(=O)OCC)C(c3ccc(C)o3)NC(=O)N2)nnc1C1CC1. The third-order valence-electron chi connectivity index (χ3n) is 5.04. The summed E-state index contributed by atoms with van der Waals surface area (Å²) in [7, 11) is 0. The first-order chi connectivity index (χ1) is 15.0. The number of carbonyl (C=O) groups is 2. The Balaban J connectivity index is 1.65. The third-order valence-corrected chi connectivity index (χ3v) is 6.03. The number of amides is 2. The van der Waals surface area contributed by atoms with Crippen molar-refractivity contribution in [3.8, 4) is 0 Å². The summed E-state index contributed by atoms with van der Waals surface area (Å²) in [5, 5.41) is 14.9. The van der Waals surface area contributed by atoms with E-state index in [1.807, 2.05) is 10.6 Å². The van der Waals surface area contributed by atoms with Crippen LogP contribution in [0.5, 0.6) is 0 Å². The van der Waals surface area contributed by atoms with Crippen molar-refractivity contribution in [1.29, 1.82) is 0 Å². The zero-order valence-corrected chi connectivity index (χ0v) is 18.3. The Labute approximate surface area is 184 Å². The first-order valence-corrected chi connectivity index (χ1v) is 11.2. The predicted octanol–water partition coefficient (Wildman–Crippen LogP) is 3.21. The number of nitrogens with zero attached hydrogens (tertiary/aromatic N) is 3. The number of allylic oxidation sites excluding steroid dienone is 1. The van der Waals surface area contributed by atoms with Crippen molar-refractivity contribution in [2.45, 2.75) is 50.4 Å². The van der Waals surface area contributed by atoms with Gasteiger partial charge in [0.05, 0.1) is 12.2 Å². The minimum absolute atomic E-state index is 0.221. The van der Waals surface area contributed by atoms with Gasteiger partial charge in [0, 0.05) is 23.9 Å². The molecule has 3 heterocycles. The summed E-state index contributed by atoms with van der Waals surface area (Å²) < 4.78 is 13.0. The lowest BCUT2D eigenvalue weighted by atomic mass is 10.0. The number of hydrogen-bond acceptors (Lipinski definition) is 7. The van der Waals surface area contributed by atoms with Crippen LogP contribution < -0.4 is 10.6 Å². The Kier molecular flexibility index (Phi) is 6.17. The number of carbonyl (C=O) groups excluding carboxylic acids is 2. The normalized spacial score (nSPS) is 18.5. The number of aromatic nitrogens is 3. The molecule has 164 valence electrons. The zero-order chi connectivity index (χ0) is 22.0. The van der Waals surface area contributed by atoms with E-state index >= 15 is 0 Å². The second-order valence-corrected chi connectivity index (χ2v) is 8.34. The van der Waals surface area contributed by atoms with Crippen molar-refractivity contribution in [2.75, 3.05) is 12.4 Å². The van der Waals surface area contributed by atoms with E-state index in [0.717, 1.165) is 23.8 Å². The number of rotatable bonds is 9. The number of nitrogens with one attached hydrogen (secondary N) is 2. The Bertz CT molecular complexity index is 1040. The number of urea groups is 1. The molecule has 2 aliphatic rings. The van der Waals surface area contributed by atoms with E-state index in [1.54, 1.807) is 26.0 Å². The van der Waals surface area contributed by atoms with E-state index < -0.39 is 18.0 Å². The molecule has 1 atom stereocenters. The van der Waals surface area contributed by atoms with E-state index in [4.69, 9.17) is 9.15 Å². The van der Waals surface area contributed by atoms with Gasteiger partial charge in [-0.3, -0.25) is 0 Å². The molecule has 2 N–H and O–H groups in total. The van der Waals surface area contributed by atoms with Gasteiger partial charge < -0.3 is 24.4 Å². The molecule has 9 nitrogen and oxygen atoms in total. The molecule has 1 fully saturated rings. The maximum absolute atomic E-state index is 12.8. The van der Waals surface area contributed by atoms with Gasteiger partial charge in [-0.15, -0.1) is 16.8 Å². The largest absolute Gasteiger partial charge is 0.464 e. The van der Waals surface area contributed by atoms with Crippen molar-refractivity contribution < 1.29 is 18.7 Å². The average Bonchev–Trinajstić information content (AvgIpc) is 3.36. The van der Waals surface area contributed by atoms with Crippen molar-refractivity contribution in [1.82, 2.24) is 25.4 Å². The molecule has 0 aromatic carbocycles. The van der Waals surface area contributed by atoms with E-state index in [1.165, 1.54) is 11.8 Å². The molecule has 1 aliphatic heterocycles. The van der Waals surface area contributed by atoms with Crippen LogP contribution in [0.4, 0.5) is 4.79 Å². The first-order valence-electron chi connectivity index (χ1n) is 10.2. The second kappa shape index (κ2) is 9.01. The molecule has 2 aromatic heterocycles. The molecule has 31 heavy (non-hydrogen) atoms. The Morgan fingerprint density at radius 2 is 2.23 bits per heavy atom. The number of furan rings is 1. The first kappa shape index (κ1) is 21.2. The monoisotopic (exact) mass is 443 g/mol. The number of ether oxygens (including phenoxy) is 1. The van der Waals surface area contributed by atoms with Crippen LogP contribution in [0.1, 0.15) is 49.1 Å². The summed E-state index contributed by atoms with van der Waals surface area (Å²) in [6.07, 6.45) is 4.04. The molecule has 2 aromatic rings. The van der Waals surface area contributed by atoms with Crippen LogP contribution in [-0.2, 0) is 16.1 Å². The summed E-state index contributed by atoms with van der Waals surface area (Å²) in [4.78, 5) is 25.2. The highest BCUT2D eigenvalue weighted by Crippen LogP contribution is 2.40. The highest BCUT2D eigenvalue weighted by molar-refractivity contribution is 7.99. The fraction of sp³-hybridized carbons (Fsp3) is 0.429. The molecule has 4 rings (SSSR count). The van der Waals surface area contributed by atoms with Crippen molar-refractivity contribution >= 4 is 23.8 Å². The van der Waals surface area contributed by atoms with Gasteiger partial charge in [0.15, 0.2) is 5.16 Å². The van der Waals surface area contributed by atoms with Crippen LogP contribution in [0, 0.1) is 6.92 Å². The summed E-state index contributed by atoms with van der Waals surface area (Å²) in [5.41, 5.74) is 0.785. The Morgan fingerprint density at radius 1 is 1.42 bits per heavy atom. The smallest absolute Gasteiger partial charge is 0.338 e. The molecule has 1 unspecified atom stereocenters. The molecular formula is C21H25N5O4S. The topological polar surface area (TPSA) is 111 Å². The lowest BCUT2D eigenvalue weighted by Crippen LogP contribution is -2.46. The van der Waals surface area contributed by atoms with E-state index in [2.05, 4.69) is 27.4 Å². The molecule has 0 spiro atoms. The van der Waals surface area contributed by atoms with Crippen LogP contribution in [0.3, 0.4) is 0 Å². The number of aryl methyl sites for hydroxylation is 1. The summed E-state index contributed by atoms with van der Waals surface area (Å²) in [6, 6.07) is 2.40. The van der Waals surface area contributed by atoms with Gasteiger partial charge in [-0.2, -0.15) is 0 Å². The summed E-state index contributed by atoms with van der Waals surface area (Å²) >= 11 is 1.41. The van der Waals surface area contributed by atoms with Gasteiger partial charge >= 0.3 is 12.0 Å². The van der Waals surface area contributed by atoms with Crippen LogP contribution in [0.25, 0.3) is 0 Å². The highest BCUT2D eigenvalue weighted by Gasteiger charge is 2.36. The summed E-state index contributed by atoms with van der Waals surface area (Å²) in [5.74, 6) is 2.38. The van der Waals surface area contributed by atoms with Crippen LogP contribution in [-0.4, -0.2) is 39.1 Å². The maximum atomic E-state index is 12.8. The van der Waals surface area contributed by atoms with E-state index in [9.17, 15) is 9.59 Å². The molecule has 0 radical (unpaired) electrons. The van der Waals surface area contributed by atoms with Gasteiger partial charge in [-0.05, 0) is 38.8 Å². The molecule has 1 aliphatic carbocycles. The van der Waals surface area contributed by atoms with Crippen molar-refractivity contribution in [2.24, 2.45) is 0 Å². The molecule has 10 heteroatoms. The fourth-order valence-corrected chi connectivity index (χ4v) is 4.41. The highest BCUT2D eigenvalue weighted by atomic mass is 32.2. The molecule has 0 bridgehead atoms. The van der Waals surface area contributed by atoms with Crippen molar-refractivity contribution in [3.63, 3.8) is 0 Å². The third kappa shape index (κ3) is 4.53. The minimum atomic E-state index is -0.731. The quantitative estimate of drug-likeness (QED) is 0.348. The van der Waals surface area contributed by atoms with Gasteiger partial charge in [0.1, 0.15) is 23.4 Å². The Morgan fingerprint density at radius 3 is 2.87 bits per heavy atom. The number of esters is 1. The Hall–Kier alpha value is -3.01. The average molecular weight is 444 g/mol. The van der Waals surface area contributed by atoms with Gasteiger partial charge in [0.2, 0.25) is 0 Å². The van der Waals surface area contributed by atoms with E-state index in [-0.39, 0.29) is 6.61 Å². The lowest BCUT2D eigenvalue weighted by molar-refractivity contribution is -0.139. The lowest BCUT2D eigenvalue weighted by Gasteiger charge is -2.27. The van der Waals surface area contributed by atoms with Crippen LogP contribution in [0.15, 0.2) is 45.6 Å². The minimum Gasteiger partial charge on any atom is -0.464 e. The number of hydrogen-bond donors (Lipinski definition) is 2. The number of thioether (sulfide) groups is 1. The van der Waals surface area contributed by atoms with Gasteiger partial charge in [0.25, 0.3) is 0 Å². The van der Waals surface area contributed by atoms with E-state index in [0.29, 0.717) is 41.0 Å². The molecular weight excluding hydrogens is 418 g/mol. The van der Waals surface area contributed by atoms with Crippen LogP contribution in [0.2, 0.25) is 0 Å². The zero-order valence-electron chi connectivity index (χ0n) is 17.5. The molecule has 1 saturated carbocycles. The van der Waals surface area contributed by atoms with Gasteiger partial charge in [-0.25, -0.2) is 9.59 Å². The fourth-order valence-electron chi connectivity index (χ4n) is 3.49.